The van der Waals surface area contributed by atoms with Crippen molar-refractivity contribution in [1.82, 2.24) is 14.8 Å². The SMILES string of the molecule is CC1(C)COCCN1c1nc(-c2c(O)cccc2F)c(Cl)c2c1C(=O)N1CCN(C(=O)O)C[C@@H]1CO2. The van der Waals surface area contributed by atoms with E-state index in [4.69, 9.17) is 21.1 Å². The standard InChI is InChI=1S/C24H26ClFN4O6/c1-24(2)12-35-9-8-30(24)21-17-20(18(25)19(27-21)16-14(26)4-3-5-15(16)31)36-11-13-10-28(23(33)34)6-7-29(13)22(17)32/h3-5,13,31H,6-12H2,1-2H3,(H,33,34)/t13-/m1/s1. The van der Waals surface area contributed by atoms with Crippen molar-refractivity contribution in [2.45, 2.75) is 25.4 Å². The first-order chi connectivity index (χ1) is 17.1. The van der Waals surface area contributed by atoms with Crippen molar-refractivity contribution >= 4 is 29.4 Å². The molecule has 0 spiro atoms. The fourth-order valence-corrected chi connectivity index (χ4v) is 5.27. The lowest BCUT2D eigenvalue weighted by atomic mass is 9.99. The molecule has 1 aromatic heterocycles. The van der Waals surface area contributed by atoms with Gasteiger partial charge in [0.1, 0.15) is 40.3 Å². The molecule has 2 saturated heterocycles. The third-order valence-corrected chi connectivity index (χ3v) is 7.20. The Bertz CT molecular complexity index is 1220. The van der Waals surface area contributed by atoms with E-state index in [1.54, 1.807) is 4.90 Å². The molecule has 2 fully saturated rings. The molecule has 192 valence electrons. The summed E-state index contributed by atoms with van der Waals surface area (Å²) in [6, 6.07) is 3.34. The van der Waals surface area contributed by atoms with E-state index in [-0.39, 0.29) is 65.4 Å². The molecule has 0 radical (unpaired) electrons. The van der Waals surface area contributed by atoms with Gasteiger partial charge in [0, 0.05) is 26.2 Å². The molecule has 12 heteroatoms. The number of phenolic OH excluding ortho intramolecular Hbond substituents is 1. The van der Waals surface area contributed by atoms with Gasteiger partial charge in [-0.15, -0.1) is 0 Å². The molecule has 5 rings (SSSR count). The Labute approximate surface area is 211 Å². The summed E-state index contributed by atoms with van der Waals surface area (Å²) in [5.41, 5.74) is -0.702. The number of aromatic hydroxyl groups is 1. The molecule has 10 nitrogen and oxygen atoms in total. The number of carbonyl (C=O) groups excluding carboxylic acids is 1. The molecule has 4 heterocycles. The van der Waals surface area contributed by atoms with Gasteiger partial charge in [-0.25, -0.2) is 14.2 Å². The zero-order valence-corrected chi connectivity index (χ0v) is 20.6. The first-order valence-corrected chi connectivity index (χ1v) is 12.0. The van der Waals surface area contributed by atoms with Crippen LogP contribution in [0.5, 0.6) is 11.5 Å². The van der Waals surface area contributed by atoms with Gasteiger partial charge >= 0.3 is 6.09 Å². The lowest BCUT2D eigenvalue weighted by Crippen LogP contribution is -2.58. The smallest absolute Gasteiger partial charge is 0.407 e. The maximum Gasteiger partial charge on any atom is 0.407 e. The molecule has 0 aliphatic carbocycles. The van der Waals surface area contributed by atoms with Gasteiger partial charge in [-0.2, -0.15) is 0 Å². The largest absolute Gasteiger partial charge is 0.507 e. The number of phenols is 1. The van der Waals surface area contributed by atoms with Crippen LogP contribution >= 0.6 is 11.6 Å². The number of aromatic nitrogens is 1. The number of rotatable bonds is 2. The predicted octanol–water partition coefficient (Wildman–Crippen LogP) is 3.06. The Balaban J connectivity index is 1.72. The van der Waals surface area contributed by atoms with Gasteiger partial charge in [-0.3, -0.25) is 4.79 Å². The number of fused-ring (bicyclic) bond motifs is 2. The summed E-state index contributed by atoms with van der Waals surface area (Å²) >= 11 is 6.72. The zero-order chi connectivity index (χ0) is 25.8. The van der Waals surface area contributed by atoms with Gasteiger partial charge < -0.3 is 34.4 Å². The van der Waals surface area contributed by atoms with Gasteiger partial charge in [-0.05, 0) is 26.0 Å². The fraction of sp³-hybridized carbons (Fsp3) is 0.458. The molecule has 1 atom stereocenters. The summed E-state index contributed by atoms with van der Waals surface area (Å²) in [4.78, 5) is 34.9. The number of halogens is 2. The van der Waals surface area contributed by atoms with Gasteiger partial charge in [0.15, 0.2) is 5.75 Å². The van der Waals surface area contributed by atoms with Crippen LogP contribution in [0, 0.1) is 5.82 Å². The van der Waals surface area contributed by atoms with Crippen LogP contribution in [0.4, 0.5) is 15.0 Å². The third kappa shape index (κ3) is 3.96. The average molecular weight is 521 g/mol. The molecule has 3 aliphatic rings. The Kier molecular flexibility index (Phi) is 6.08. The minimum absolute atomic E-state index is 0.0130. The number of ether oxygens (including phenoxy) is 2. The number of nitrogens with zero attached hydrogens (tertiary/aromatic N) is 4. The van der Waals surface area contributed by atoms with E-state index in [1.165, 1.54) is 23.1 Å². The van der Waals surface area contributed by atoms with Gasteiger partial charge in [-0.1, -0.05) is 17.7 Å². The number of carbonyl (C=O) groups is 2. The number of carboxylic acid groups (broad SMARTS) is 1. The molecule has 36 heavy (non-hydrogen) atoms. The zero-order valence-electron chi connectivity index (χ0n) is 19.8. The number of morpholine rings is 1. The second-order valence-corrected chi connectivity index (χ2v) is 10.0. The number of amides is 2. The van der Waals surface area contributed by atoms with Crippen LogP contribution in [0.15, 0.2) is 18.2 Å². The van der Waals surface area contributed by atoms with E-state index in [1.807, 2.05) is 18.7 Å². The molecule has 3 aliphatic heterocycles. The second kappa shape index (κ2) is 8.97. The highest BCUT2D eigenvalue weighted by Crippen LogP contribution is 2.47. The maximum atomic E-state index is 14.9. The van der Waals surface area contributed by atoms with Crippen LogP contribution in [0.3, 0.4) is 0 Å². The number of hydrogen-bond acceptors (Lipinski definition) is 7. The molecule has 0 unspecified atom stereocenters. The van der Waals surface area contributed by atoms with Crippen LogP contribution in [0.25, 0.3) is 11.3 Å². The van der Waals surface area contributed by atoms with Crippen molar-refractivity contribution in [2.75, 3.05) is 50.9 Å². The molecular weight excluding hydrogens is 495 g/mol. The molecule has 2 N–H and O–H groups in total. The van der Waals surface area contributed by atoms with Crippen molar-refractivity contribution in [3.63, 3.8) is 0 Å². The van der Waals surface area contributed by atoms with Crippen molar-refractivity contribution in [2.24, 2.45) is 0 Å². The highest BCUT2D eigenvalue weighted by Gasteiger charge is 2.43. The van der Waals surface area contributed by atoms with Crippen LogP contribution in [-0.2, 0) is 4.74 Å². The third-order valence-electron chi connectivity index (χ3n) is 6.85. The van der Waals surface area contributed by atoms with Crippen LogP contribution < -0.4 is 9.64 Å². The number of anilines is 1. The summed E-state index contributed by atoms with van der Waals surface area (Å²) in [5.74, 6) is -1.21. The first kappa shape index (κ1) is 24.4. The predicted molar refractivity (Wildman–Crippen MR) is 128 cm³/mol. The Morgan fingerprint density at radius 3 is 2.72 bits per heavy atom. The minimum atomic E-state index is -1.07. The highest BCUT2D eigenvalue weighted by molar-refractivity contribution is 6.35. The Hall–Kier alpha value is -3.31. The van der Waals surface area contributed by atoms with Crippen LogP contribution in [0.1, 0.15) is 24.2 Å². The van der Waals surface area contributed by atoms with Crippen LogP contribution in [0.2, 0.25) is 5.02 Å². The molecule has 2 amide bonds. The quantitative estimate of drug-likeness (QED) is 0.621. The number of hydrogen-bond donors (Lipinski definition) is 2. The number of pyridine rings is 1. The Morgan fingerprint density at radius 2 is 2.03 bits per heavy atom. The van der Waals surface area contributed by atoms with Crippen LogP contribution in [-0.4, -0.2) is 94.6 Å². The summed E-state index contributed by atoms with van der Waals surface area (Å²) in [6.07, 6.45) is -1.07. The van der Waals surface area contributed by atoms with Crippen molar-refractivity contribution < 1.29 is 33.7 Å². The molecule has 2 aromatic rings. The molecule has 1 aromatic carbocycles. The second-order valence-electron chi connectivity index (χ2n) is 9.64. The number of piperazine rings is 1. The van der Waals surface area contributed by atoms with Gasteiger partial charge in [0.05, 0.1) is 30.4 Å². The van der Waals surface area contributed by atoms with E-state index in [0.29, 0.717) is 19.8 Å². The average Bonchev–Trinajstić information content (AvgIpc) is 2.97. The Morgan fingerprint density at radius 1 is 1.25 bits per heavy atom. The topological polar surface area (TPSA) is 116 Å². The van der Waals surface area contributed by atoms with Crippen molar-refractivity contribution in [1.29, 1.82) is 0 Å². The molecule has 0 bridgehead atoms. The lowest BCUT2D eigenvalue weighted by molar-refractivity contribution is 0.0388. The molecular formula is C24H26ClFN4O6. The fourth-order valence-electron chi connectivity index (χ4n) is 4.98. The maximum absolute atomic E-state index is 14.9. The lowest BCUT2D eigenvalue weighted by Gasteiger charge is -2.44. The summed E-state index contributed by atoms with van der Waals surface area (Å²) in [7, 11) is 0. The highest BCUT2D eigenvalue weighted by atomic mass is 35.5. The first-order valence-electron chi connectivity index (χ1n) is 11.6. The summed E-state index contributed by atoms with van der Waals surface area (Å²) < 4.78 is 26.6. The van der Waals surface area contributed by atoms with Gasteiger partial charge in [0.25, 0.3) is 5.91 Å². The number of benzene rings is 1. The summed E-state index contributed by atoms with van der Waals surface area (Å²) in [6.45, 7) is 5.43. The van der Waals surface area contributed by atoms with Gasteiger partial charge in [0.2, 0.25) is 0 Å². The van der Waals surface area contributed by atoms with E-state index in [9.17, 15) is 24.2 Å². The van der Waals surface area contributed by atoms with E-state index >= 15 is 0 Å². The minimum Gasteiger partial charge on any atom is -0.507 e. The monoisotopic (exact) mass is 520 g/mol. The van der Waals surface area contributed by atoms with Crippen molar-refractivity contribution in [3.8, 4) is 22.8 Å². The van der Waals surface area contributed by atoms with E-state index < -0.39 is 29.4 Å². The van der Waals surface area contributed by atoms with E-state index in [2.05, 4.69) is 4.98 Å². The van der Waals surface area contributed by atoms with Crippen molar-refractivity contribution in [3.05, 3.63) is 34.6 Å². The normalized spacial score (nSPS) is 21.4. The summed E-state index contributed by atoms with van der Waals surface area (Å²) in [5, 5.41) is 19.8. The van der Waals surface area contributed by atoms with E-state index in [0.717, 1.165) is 0 Å². The molecule has 0 saturated carbocycles.